The summed E-state index contributed by atoms with van der Waals surface area (Å²) in [6.45, 7) is 6.60. The van der Waals surface area contributed by atoms with Gasteiger partial charge in [-0.2, -0.15) is 0 Å². The molecule has 1 aliphatic rings. The summed E-state index contributed by atoms with van der Waals surface area (Å²) < 4.78 is 5.44. The number of para-hydroxylation sites is 1. The number of hydrogen-bond acceptors (Lipinski definition) is 5. The summed E-state index contributed by atoms with van der Waals surface area (Å²) in [4.78, 5) is 9.73. The van der Waals surface area contributed by atoms with Crippen molar-refractivity contribution in [2.45, 2.75) is 19.5 Å². The molecule has 1 aliphatic heterocycles. The summed E-state index contributed by atoms with van der Waals surface area (Å²) >= 11 is 1.69. The van der Waals surface area contributed by atoms with Crippen LogP contribution >= 0.6 is 11.3 Å². The normalized spacial score (nSPS) is 20.2. The molecule has 5 heteroatoms. The second kappa shape index (κ2) is 6.77. The number of likely N-dealkylation sites (N-methyl/N-ethyl adjacent to an activating group) is 1. The third-order valence-electron chi connectivity index (χ3n) is 4.22. The van der Waals surface area contributed by atoms with Crippen LogP contribution in [-0.4, -0.2) is 54.6 Å². The van der Waals surface area contributed by atoms with Crippen molar-refractivity contribution in [1.82, 2.24) is 14.8 Å². The SMILES string of the molecule is COc1ccccc1-c1nc(CN2CCN(C)C[C@@H]2C)cs1. The molecule has 118 valence electrons. The Hall–Kier alpha value is -1.43. The summed E-state index contributed by atoms with van der Waals surface area (Å²) in [5.74, 6) is 0.886. The van der Waals surface area contributed by atoms with E-state index in [0.29, 0.717) is 6.04 Å². The van der Waals surface area contributed by atoms with Gasteiger partial charge in [0.05, 0.1) is 18.4 Å². The van der Waals surface area contributed by atoms with Crippen molar-refractivity contribution >= 4 is 11.3 Å². The molecule has 3 rings (SSSR count). The van der Waals surface area contributed by atoms with Gasteiger partial charge in [0, 0.05) is 37.6 Å². The van der Waals surface area contributed by atoms with Gasteiger partial charge >= 0.3 is 0 Å². The van der Waals surface area contributed by atoms with Crippen molar-refractivity contribution in [3.05, 3.63) is 35.3 Å². The molecule has 0 amide bonds. The number of nitrogens with zero attached hydrogens (tertiary/aromatic N) is 3. The zero-order chi connectivity index (χ0) is 15.5. The molecular formula is C17H23N3OS. The Morgan fingerprint density at radius 2 is 2.14 bits per heavy atom. The smallest absolute Gasteiger partial charge is 0.129 e. The summed E-state index contributed by atoms with van der Waals surface area (Å²) in [6.07, 6.45) is 0. The molecule has 22 heavy (non-hydrogen) atoms. The fraction of sp³-hybridized carbons (Fsp3) is 0.471. The largest absolute Gasteiger partial charge is 0.496 e. The highest BCUT2D eigenvalue weighted by molar-refractivity contribution is 7.13. The highest BCUT2D eigenvalue weighted by atomic mass is 32.1. The van der Waals surface area contributed by atoms with Crippen molar-refractivity contribution in [1.29, 1.82) is 0 Å². The predicted octanol–water partition coefficient (Wildman–Crippen LogP) is 2.95. The highest BCUT2D eigenvalue weighted by Crippen LogP contribution is 2.32. The fourth-order valence-electron chi connectivity index (χ4n) is 2.94. The number of piperazine rings is 1. The Labute approximate surface area is 136 Å². The molecule has 1 atom stereocenters. The van der Waals surface area contributed by atoms with E-state index in [-0.39, 0.29) is 0 Å². The van der Waals surface area contributed by atoms with E-state index in [9.17, 15) is 0 Å². The first kappa shape index (κ1) is 15.5. The van der Waals surface area contributed by atoms with E-state index in [0.717, 1.165) is 48.2 Å². The van der Waals surface area contributed by atoms with Gasteiger partial charge in [-0.3, -0.25) is 4.90 Å². The molecule has 1 aromatic heterocycles. The fourth-order valence-corrected chi connectivity index (χ4v) is 3.79. The Bertz CT molecular complexity index is 628. The third kappa shape index (κ3) is 3.32. The van der Waals surface area contributed by atoms with Crippen LogP contribution in [-0.2, 0) is 6.54 Å². The average molecular weight is 317 g/mol. The van der Waals surface area contributed by atoms with Crippen LogP contribution < -0.4 is 4.74 Å². The number of hydrogen-bond donors (Lipinski definition) is 0. The van der Waals surface area contributed by atoms with Gasteiger partial charge in [-0.25, -0.2) is 4.98 Å². The Kier molecular flexibility index (Phi) is 4.76. The Balaban J connectivity index is 1.74. The summed E-state index contributed by atoms with van der Waals surface area (Å²) in [6, 6.07) is 8.65. The van der Waals surface area contributed by atoms with Crippen LogP contribution in [0.3, 0.4) is 0 Å². The summed E-state index contributed by atoms with van der Waals surface area (Å²) in [5.41, 5.74) is 2.23. The zero-order valence-electron chi connectivity index (χ0n) is 13.5. The lowest BCUT2D eigenvalue weighted by Crippen LogP contribution is -2.49. The van der Waals surface area contributed by atoms with Crippen LogP contribution in [0.1, 0.15) is 12.6 Å². The molecule has 2 heterocycles. The molecule has 0 N–H and O–H groups in total. The van der Waals surface area contributed by atoms with Crippen LogP contribution in [0.15, 0.2) is 29.6 Å². The predicted molar refractivity (Wildman–Crippen MR) is 91.5 cm³/mol. The van der Waals surface area contributed by atoms with Gasteiger partial charge in [0.25, 0.3) is 0 Å². The second-order valence-corrected chi connectivity index (χ2v) is 6.78. The number of benzene rings is 1. The number of aromatic nitrogens is 1. The first-order valence-corrected chi connectivity index (χ1v) is 8.55. The van der Waals surface area contributed by atoms with Crippen molar-refractivity contribution in [2.24, 2.45) is 0 Å². The monoisotopic (exact) mass is 317 g/mol. The van der Waals surface area contributed by atoms with E-state index in [1.54, 1.807) is 18.4 Å². The molecule has 0 aliphatic carbocycles. The molecule has 4 nitrogen and oxygen atoms in total. The van der Waals surface area contributed by atoms with E-state index in [2.05, 4.69) is 35.2 Å². The molecule has 0 unspecified atom stereocenters. The van der Waals surface area contributed by atoms with E-state index >= 15 is 0 Å². The first-order valence-electron chi connectivity index (χ1n) is 7.67. The minimum atomic E-state index is 0.579. The maximum absolute atomic E-state index is 5.44. The molecule has 2 aromatic rings. The highest BCUT2D eigenvalue weighted by Gasteiger charge is 2.22. The maximum atomic E-state index is 5.44. The van der Waals surface area contributed by atoms with Crippen molar-refractivity contribution in [2.75, 3.05) is 33.8 Å². The van der Waals surface area contributed by atoms with Gasteiger partial charge in [0.1, 0.15) is 10.8 Å². The molecule has 0 spiro atoms. The van der Waals surface area contributed by atoms with Crippen LogP contribution in [0.5, 0.6) is 5.75 Å². The summed E-state index contributed by atoms with van der Waals surface area (Å²) in [7, 11) is 3.90. The van der Waals surface area contributed by atoms with Gasteiger partial charge in [-0.05, 0) is 26.1 Å². The van der Waals surface area contributed by atoms with Gasteiger partial charge in [0.2, 0.25) is 0 Å². The molecule has 1 aromatic carbocycles. The van der Waals surface area contributed by atoms with Crippen LogP contribution in [0.4, 0.5) is 0 Å². The first-order chi connectivity index (χ1) is 10.7. The van der Waals surface area contributed by atoms with Crippen LogP contribution in [0.2, 0.25) is 0 Å². The van der Waals surface area contributed by atoms with E-state index in [1.165, 1.54) is 0 Å². The summed E-state index contributed by atoms with van der Waals surface area (Å²) in [5, 5.41) is 3.21. The van der Waals surface area contributed by atoms with Crippen molar-refractivity contribution in [3.8, 4) is 16.3 Å². The van der Waals surface area contributed by atoms with Crippen molar-refractivity contribution in [3.63, 3.8) is 0 Å². The topological polar surface area (TPSA) is 28.6 Å². The quantitative estimate of drug-likeness (QED) is 0.867. The lowest BCUT2D eigenvalue weighted by molar-refractivity contribution is 0.0929. The van der Waals surface area contributed by atoms with E-state index in [4.69, 9.17) is 9.72 Å². The van der Waals surface area contributed by atoms with E-state index in [1.807, 2.05) is 18.2 Å². The standard InChI is InChI=1S/C17H23N3OS/c1-13-10-19(2)8-9-20(13)11-14-12-22-17(18-14)15-6-4-5-7-16(15)21-3/h4-7,12-13H,8-11H2,1-3H3/t13-/m0/s1. The zero-order valence-corrected chi connectivity index (χ0v) is 14.3. The Morgan fingerprint density at radius 3 is 2.91 bits per heavy atom. The number of methoxy groups -OCH3 is 1. The van der Waals surface area contributed by atoms with Crippen LogP contribution in [0, 0.1) is 0 Å². The van der Waals surface area contributed by atoms with Crippen molar-refractivity contribution < 1.29 is 4.74 Å². The maximum Gasteiger partial charge on any atom is 0.129 e. The molecule has 1 saturated heterocycles. The molecule has 0 bridgehead atoms. The molecule has 1 fully saturated rings. The second-order valence-electron chi connectivity index (χ2n) is 5.93. The minimum absolute atomic E-state index is 0.579. The lowest BCUT2D eigenvalue weighted by Gasteiger charge is -2.37. The Morgan fingerprint density at radius 1 is 1.32 bits per heavy atom. The molecular weight excluding hydrogens is 294 g/mol. The number of ether oxygens (including phenoxy) is 1. The lowest BCUT2D eigenvalue weighted by atomic mass is 10.2. The van der Waals surface area contributed by atoms with Crippen LogP contribution in [0.25, 0.3) is 10.6 Å². The van der Waals surface area contributed by atoms with Gasteiger partial charge in [0.15, 0.2) is 0 Å². The number of rotatable bonds is 4. The number of thiazole rings is 1. The van der Waals surface area contributed by atoms with Gasteiger partial charge in [-0.1, -0.05) is 12.1 Å². The molecule has 0 saturated carbocycles. The molecule has 0 radical (unpaired) electrons. The van der Waals surface area contributed by atoms with Gasteiger partial charge < -0.3 is 9.64 Å². The van der Waals surface area contributed by atoms with Gasteiger partial charge in [-0.15, -0.1) is 11.3 Å². The van der Waals surface area contributed by atoms with E-state index < -0.39 is 0 Å². The third-order valence-corrected chi connectivity index (χ3v) is 5.15. The minimum Gasteiger partial charge on any atom is -0.496 e. The average Bonchev–Trinajstić information content (AvgIpc) is 2.98.